The molecule has 0 radical (unpaired) electrons. The lowest BCUT2D eigenvalue weighted by Crippen LogP contribution is -2.04. The van der Waals surface area contributed by atoms with Gasteiger partial charge < -0.3 is 10.4 Å². The smallest absolute Gasteiger partial charge is 0.131 e. The molecule has 0 aliphatic carbocycles. The van der Waals surface area contributed by atoms with Crippen molar-refractivity contribution in [2.75, 3.05) is 5.32 Å². The van der Waals surface area contributed by atoms with E-state index in [0.29, 0.717) is 5.69 Å². The Morgan fingerprint density at radius 1 is 1.00 bits per heavy atom. The van der Waals surface area contributed by atoms with Crippen LogP contribution in [-0.2, 0) is 13.2 Å². The van der Waals surface area contributed by atoms with E-state index in [1.54, 1.807) is 24.3 Å². The van der Waals surface area contributed by atoms with E-state index < -0.39 is 11.6 Å². The fourth-order valence-corrected chi connectivity index (χ4v) is 1.67. The lowest BCUT2D eigenvalue weighted by molar-refractivity contribution is 0.282. The Kier molecular flexibility index (Phi) is 3.89. The minimum atomic E-state index is -0.569. The van der Waals surface area contributed by atoms with Crippen molar-refractivity contribution in [3.05, 3.63) is 65.2 Å². The highest BCUT2D eigenvalue weighted by molar-refractivity contribution is 5.46. The molecule has 0 bridgehead atoms. The van der Waals surface area contributed by atoms with Crippen LogP contribution < -0.4 is 5.32 Å². The van der Waals surface area contributed by atoms with Crippen LogP contribution in [0.3, 0.4) is 0 Å². The molecule has 0 aromatic heterocycles. The summed E-state index contributed by atoms with van der Waals surface area (Å²) in [7, 11) is 0. The summed E-state index contributed by atoms with van der Waals surface area (Å²) >= 11 is 0. The summed E-state index contributed by atoms with van der Waals surface area (Å²) in [6.45, 7) is -0.00301. The zero-order valence-corrected chi connectivity index (χ0v) is 9.66. The Morgan fingerprint density at radius 2 is 1.67 bits per heavy atom. The minimum absolute atomic E-state index is 0.00639. The number of aliphatic hydroxyl groups excluding tert-OH is 1. The second-order valence-electron chi connectivity index (χ2n) is 3.91. The number of hydrogen-bond acceptors (Lipinski definition) is 2. The number of benzene rings is 2. The molecule has 0 fully saturated rings. The number of nitrogens with one attached hydrogen (secondary N) is 1. The van der Waals surface area contributed by atoms with Crippen LogP contribution in [0.2, 0.25) is 0 Å². The molecule has 2 aromatic carbocycles. The van der Waals surface area contributed by atoms with Gasteiger partial charge in [0.1, 0.15) is 11.6 Å². The van der Waals surface area contributed by atoms with Crippen molar-refractivity contribution in [3.8, 4) is 0 Å². The van der Waals surface area contributed by atoms with Crippen LogP contribution in [-0.4, -0.2) is 5.11 Å². The third-order valence-corrected chi connectivity index (χ3v) is 2.64. The molecule has 0 saturated carbocycles. The van der Waals surface area contributed by atoms with Crippen molar-refractivity contribution in [1.29, 1.82) is 0 Å². The first kappa shape index (κ1) is 12.5. The fourth-order valence-electron chi connectivity index (χ4n) is 1.67. The molecule has 0 amide bonds. The highest BCUT2D eigenvalue weighted by Gasteiger charge is 2.07. The third kappa shape index (κ3) is 2.84. The Balaban J connectivity index is 2.11. The summed E-state index contributed by atoms with van der Waals surface area (Å²) in [6.07, 6.45) is 0. The Labute approximate surface area is 104 Å². The predicted octanol–water partition coefficient (Wildman–Crippen LogP) is 3.07. The van der Waals surface area contributed by atoms with Gasteiger partial charge in [0.25, 0.3) is 0 Å². The third-order valence-electron chi connectivity index (χ3n) is 2.64. The van der Waals surface area contributed by atoms with Gasteiger partial charge in [-0.1, -0.05) is 18.2 Å². The molecule has 2 aromatic rings. The van der Waals surface area contributed by atoms with Crippen LogP contribution in [0.4, 0.5) is 14.5 Å². The van der Waals surface area contributed by atoms with Gasteiger partial charge in [0.05, 0.1) is 6.61 Å². The summed E-state index contributed by atoms with van der Waals surface area (Å²) in [5.74, 6) is -1.14. The van der Waals surface area contributed by atoms with Gasteiger partial charge in [0.2, 0.25) is 0 Å². The topological polar surface area (TPSA) is 32.3 Å². The number of aliphatic hydroxyl groups is 1. The van der Waals surface area contributed by atoms with E-state index in [1.807, 2.05) is 0 Å². The van der Waals surface area contributed by atoms with Crippen LogP contribution in [0.1, 0.15) is 11.1 Å². The first-order chi connectivity index (χ1) is 8.70. The summed E-state index contributed by atoms with van der Waals surface area (Å²) < 4.78 is 26.8. The van der Waals surface area contributed by atoms with Crippen LogP contribution in [0.15, 0.2) is 42.5 Å². The average Bonchev–Trinajstić information content (AvgIpc) is 2.38. The Hall–Kier alpha value is -1.94. The molecule has 94 valence electrons. The molecular formula is C14H13F2NO. The molecule has 2 rings (SSSR count). The molecule has 0 atom stereocenters. The van der Waals surface area contributed by atoms with Gasteiger partial charge in [0.15, 0.2) is 0 Å². The highest BCUT2D eigenvalue weighted by atomic mass is 19.1. The van der Waals surface area contributed by atoms with Gasteiger partial charge in [-0.15, -0.1) is 0 Å². The molecule has 0 aliphatic rings. The normalized spacial score (nSPS) is 10.4. The largest absolute Gasteiger partial charge is 0.392 e. The van der Waals surface area contributed by atoms with Crippen LogP contribution in [0.5, 0.6) is 0 Å². The van der Waals surface area contributed by atoms with E-state index in [2.05, 4.69) is 5.32 Å². The van der Waals surface area contributed by atoms with Gasteiger partial charge >= 0.3 is 0 Å². The molecule has 2 nitrogen and oxygen atoms in total. The number of rotatable bonds is 4. The van der Waals surface area contributed by atoms with Gasteiger partial charge in [-0.2, -0.15) is 0 Å². The second kappa shape index (κ2) is 5.60. The van der Waals surface area contributed by atoms with Gasteiger partial charge in [0, 0.05) is 17.8 Å². The van der Waals surface area contributed by atoms with E-state index in [1.165, 1.54) is 18.2 Å². The zero-order valence-electron chi connectivity index (χ0n) is 9.66. The van der Waals surface area contributed by atoms with Gasteiger partial charge in [-0.05, 0) is 29.8 Å². The SMILES string of the molecule is OCc1cccc(NCc2c(F)cccc2F)c1. The molecule has 2 N–H and O–H groups in total. The highest BCUT2D eigenvalue weighted by Crippen LogP contribution is 2.16. The monoisotopic (exact) mass is 249 g/mol. The van der Waals surface area contributed by atoms with Crippen LogP contribution in [0.25, 0.3) is 0 Å². The zero-order chi connectivity index (χ0) is 13.0. The van der Waals surface area contributed by atoms with Crippen molar-refractivity contribution in [1.82, 2.24) is 0 Å². The molecule has 4 heteroatoms. The molecule has 18 heavy (non-hydrogen) atoms. The van der Waals surface area contributed by atoms with Crippen LogP contribution in [0, 0.1) is 11.6 Å². The molecule has 0 spiro atoms. The van der Waals surface area contributed by atoms with Crippen molar-refractivity contribution >= 4 is 5.69 Å². The first-order valence-electron chi connectivity index (χ1n) is 5.57. The predicted molar refractivity (Wildman–Crippen MR) is 66.0 cm³/mol. The van der Waals surface area contributed by atoms with E-state index in [9.17, 15) is 8.78 Å². The van der Waals surface area contributed by atoms with Gasteiger partial charge in [-0.3, -0.25) is 0 Å². The fraction of sp³-hybridized carbons (Fsp3) is 0.143. The molecule has 0 heterocycles. The van der Waals surface area contributed by atoms with E-state index in [4.69, 9.17) is 5.11 Å². The standard InChI is InChI=1S/C14H13F2NO/c15-13-5-2-6-14(16)12(13)8-17-11-4-1-3-10(7-11)9-18/h1-7,17-18H,8-9H2. The Morgan fingerprint density at radius 3 is 2.33 bits per heavy atom. The number of hydrogen-bond donors (Lipinski definition) is 2. The summed E-state index contributed by atoms with van der Waals surface area (Å²) in [4.78, 5) is 0. The minimum Gasteiger partial charge on any atom is -0.392 e. The summed E-state index contributed by atoms with van der Waals surface area (Å²) in [5, 5.41) is 11.9. The van der Waals surface area contributed by atoms with E-state index in [-0.39, 0.29) is 18.7 Å². The Bertz CT molecular complexity index is 523. The summed E-state index contributed by atoms with van der Waals surface area (Å²) in [6, 6.07) is 10.8. The lowest BCUT2D eigenvalue weighted by atomic mass is 10.1. The number of halogens is 2. The molecule has 0 aliphatic heterocycles. The maximum Gasteiger partial charge on any atom is 0.131 e. The molecule has 0 saturated heterocycles. The van der Waals surface area contributed by atoms with Crippen molar-refractivity contribution in [2.45, 2.75) is 13.2 Å². The van der Waals surface area contributed by atoms with Crippen molar-refractivity contribution < 1.29 is 13.9 Å². The molecular weight excluding hydrogens is 236 g/mol. The average molecular weight is 249 g/mol. The number of anilines is 1. The summed E-state index contributed by atoms with van der Waals surface area (Å²) in [5.41, 5.74) is 1.46. The van der Waals surface area contributed by atoms with E-state index >= 15 is 0 Å². The lowest BCUT2D eigenvalue weighted by Gasteiger charge is -2.09. The second-order valence-corrected chi connectivity index (χ2v) is 3.91. The van der Waals surface area contributed by atoms with Gasteiger partial charge in [-0.25, -0.2) is 8.78 Å². The maximum absolute atomic E-state index is 13.4. The van der Waals surface area contributed by atoms with Crippen LogP contribution >= 0.6 is 0 Å². The quantitative estimate of drug-likeness (QED) is 0.872. The maximum atomic E-state index is 13.4. The van der Waals surface area contributed by atoms with Crippen molar-refractivity contribution in [3.63, 3.8) is 0 Å². The molecule has 0 unspecified atom stereocenters. The first-order valence-corrected chi connectivity index (χ1v) is 5.57. The van der Waals surface area contributed by atoms with Crippen molar-refractivity contribution in [2.24, 2.45) is 0 Å². The van der Waals surface area contributed by atoms with E-state index in [0.717, 1.165) is 5.56 Å².